The van der Waals surface area contributed by atoms with E-state index >= 15 is 0 Å². The first kappa shape index (κ1) is 35.9. The molecule has 0 amide bonds. The average Bonchev–Trinajstić information content (AvgIpc) is 4.01. The molecule has 4 saturated carbocycles. The smallest absolute Gasteiger partial charge is 0.246 e. The molecule has 0 radical (unpaired) electrons. The van der Waals surface area contributed by atoms with Crippen molar-refractivity contribution in [1.29, 1.82) is 0 Å². The number of piperidine rings is 2. The first-order valence-corrected chi connectivity index (χ1v) is 23.5. The van der Waals surface area contributed by atoms with Crippen LogP contribution < -0.4 is 22.8 Å². The van der Waals surface area contributed by atoms with Gasteiger partial charge in [0.25, 0.3) is 0 Å². The van der Waals surface area contributed by atoms with Crippen LogP contribution in [-0.2, 0) is 20.0 Å². The normalized spacial score (nSPS) is 46.1. The van der Waals surface area contributed by atoms with Crippen LogP contribution in [0.1, 0.15) is 117 Å². The van der Waals surface area contributed by atoms with Gasteiger partial charge in [0.15, 0.2) is 0 Å². The molecule has 16 nitrogen and oxygen atoms in total. The van der Waals surface area contributed by atoms with Crippen LogP contribution in [0, 0.1) is 33.5 Å². The Morgan fingerprint density at radius 2 is 0.929 bits per heavy atom. The zero-order valence-electron chi connectivity index (χ0n) is 32.8. The molecule has 10 aliphatic rings. The molecule has 0 N–H and O–H groups in total. The zero-order valence-corrected chi connectivity index (χ0v) is 34.4. The summed E-state index contributed by atoms with van der Waals surface area (Å²) in [6.45, 7) is 14.5. The molecule has 8 fully saturated rings. The lowest BCUT2D eigenvalue weighted by molar-refractivity contribution is 0.103. The lowest BCUT2D eigenvalue weighted by Gasteiger charge is -2.38. The van der Waals surface area contributed by atoms with Crippen molar-refractivity contribution in [3.8, 4) is 0 Å². The summed E-state index contributed by atoms with van der Waals surface area (Å²) < 4.78 is 62.4. The summed E-state index contributed by atoms with van der Waals surface area (Å²) in [6, 6.07) is -2.00. The third-order valence-corrected chi connectivity index (χ3v) is 23.1. The van der Waals surface area contributed by atoms with Gasteiger partial charge in [-0.25, -0.2) is 63.9 Å². The summed E-state index contributed by atoms with van der Waals surface area (Å²) in [4.78, 5) is 53.7. The molecule has 8 heterocycles. The Labute approximate surface area is 325 Å². The Kier molecular flexibility index (Phi) is 6.73. The number of rotatable bonds is 2. The van der Waals surface area contributed by atoms with Gasteiger partial charge in [0.2, 0.25) is 20.0 Å². The van der Waals surface area contributed by atoms with E-state index in [1.165, 1.54) is 36.5 Å². The second kappa shape index (κ2) is 10.5. The maximum absolute atomic E-state index is 13.5. The van der Waals surface area contributed by atoms with E-state index in [2.05, 4.69) is 41.5 Å². The monoisotopic (exact) mass is 812 g/mol. The molecule has 4 saturated heterocycles. The van der Waals surface area contributed by atoms with E-state index in [0.717, 1.165) is 38.5 Å². The molecule has 56 heavy (non-hydrogen) atoms. The van der Waals surface area contributed by atoms with Crippen LogP contribution in [0.2, 0.25) is 0 Å². The fraction of sp³-hybridized carbons (Fsp3) is 0.789. The van der Waals surface area contributed by atoms with E-state index in [-0.39, 0.29) is 68.6 Å². The zero-order chi connectivity index (χ0) is 39.6. The second-order valence-corrected chi connectivity index (χ2v) is 24.3. The fourth-order valence-corrected chi connectivity index (χ4v) is 18.9. The minimum absolute atomic E-state index is 0.0799. The standard InChI is InChI=1S/2C19H26N4O4S/c2*1-18(2)11-4-7-19(18,3)14(10-11)22-16(24)20-8-5-12-15(23(20)17(22)25)13-6-9-21(12)28(13,26)27/h2*5,8,11-15H,4,6-7,9-10H2,1-3H3/t11-,12+,13-,14+,15-,19+;11-,12-,13+,14+,15+,19+/m11/s1. The van der Waals surface area contributed by atoms with Crippen LogP contribution in [0.25, 0.3) is 12.4 Å². The maximum Gasteiger partial charge on any atom is 0.351 e. The highest BCUT2D eigenvalue weighted by molar-refractivity contribution is 7.90. The molecule has 8 bridgehead atoms. The maximum atomic E-state index is 13.5. The molecule has 6 aliphatic heterocycles. The first-order chi connectivity index (χ1) is 26.2. The van der Waals surface area contributed by atoms with Gasteiger partial charge < -0.3 is 0 Å². The number of hydrogen-bond donors (Lipinski definition) is 0. The van der Waals surface area contributed by atoms with Gasteiger partial charge in [-0.1, -0.05) is 41.5 Å². The highest BCUT2D eigenvalue weighted by Gasteiger charge is 2.66. The average molecular weight is 813 g/mol. The van der Waals surface area contributed by atoms with E-state index in [9.17, 15) is 36.0 Å². The largest absolute Gasteiger partial charge is 0.351 e. The molecule has 2 unspecified atom stereocenters. The quantitative estimate of drug-likeness (QED) is 0.443. The second-order valence-electron chi connectivity index (χ2n) is 20.1. The third-order valence-electron chi connectivity index (χ3n) is 18.4. The van der Waals surface area contributed by atoms with Crippen molar-refractivity contribution in [3.05, 3.63) is 54.1 Å². The Morgan fingerprint density at radius 1 is 0.554 bits per heavy atom. The van der Waals surface area contributed by atoms with Gasteiger partial charge in [-0.2, -0.15) is 8.61 Å². The van der Waals surface area contributed by atoms with Crippen molar-refractivity contribution >= 4 is 32.4 Å². The minimum atomic E-state index is -3.40. The van der Waals surface area contributed by atoms with Crippen molar-refractivity contribution in [2.75, 3.05) is 13.1 Å². The third kappa shape index (κ3) is 3.77. The number of sulfonamides is 2. The van der Waals surface area contributed by atoms with Crippen molar-refractivity contribution in [2.45, 2.75) is 140 Å². The number of nitrogens with zero attached hydrogens (tertiary/aromatic N) is 8. The molecule has 0 spiro atoms. The molecule has 304 valence electrons. The Bertz CT molecular complexity index is 2490. The number of fused-ring (bicyclic) bond motifs is 18. The van der Waals surface area contributed by atoms with Crippen LogP contribution in [0.3, 0.4) is 0 Å². The summed E-state index contributed by atoms with van der Waals surface area (Å²) in [5.74, 6) is 1.01. The van der Waals surface area contributed by atoms with Gasteiger partial charge in [-0.3, -0.25) is 0 Å². The topological polar surface area (TPSA) is 173 Å². The Morgan fingerprint density at radius 3 is 1.25 bits per heavy atom. The highest BCUT2D eigenvalue weighted by Crippen LogP contribution is 2.70. The van der Waals surface area contributed by atoms with E-state index in [0.29, 0.717) is 37.8 Å². The Balaban J connectivity index is 0.000000130. The Hall–Kier alpha value is -3.22. The molecule has 14 atom stereocenters. The van der Waals surface area contributed by atoms with Gasteiger partial charge in [-0.15, -0.1) is 0 Å². The lowest BCUT2D eigenvalue weighted by Crippen LogP contribution is -2.46. The summed E-state index contributed by atoms with van der Waals surface area (Å²) in [6.07, 6.45) is 13.8. The van der Waals surface area contributed by atoms with Crippen molar-refractivity contribution in [2.24, 2.45) is 33.5 Å². The van der Waals surface area contributed by atoms with Gasteiger partial charge in [0.05, 0.1) is 24.2 Å². The van der Waals surface area contributed by atoms with E-state index in [1.807, 2.05) is 0 Å². The van der Waals surface area contributed by atoms with Gasteiger partial charge in [-0.05, 0) is 97.0 Å². The van der Waals surface area contributed by atoms with Crippen LogP contribution in [-0.4, -0.2) is 89.0 Å². The van der Waals surface area contributed by atoms with Crippen LogP contribution >= 0.6 is 0 Å². The summed E-state index contributed by atoms with van der Waals surface area (Å²) in [7, 11) is -6.80. The van der Waals surface area contributed by atoms with Gasteiger partial charge >= 0.3 is 22.8 Å². The van der Waals surface area contributed by atoms with Gasteiger partial charge in [0.1, 0.15) is 10.5 Å². The summed E-state index contributed by atoms with van der Waals surface area (Å²) in [5, 5.41) is -1.23. The first-order valence-electron chi connectivity index (χ1n) is 20.5. The molecular formula is C38H52N8O8S2. The minimum Gasteiger partial charge on any atom is -0.246 e. The molecule has 4 aliphatic carbocycles. The number of hydrogen-bond acceptors (Lipinski definition) is 8. The molecule has 2 aromatic rings. The molecule has 2 aromatic heterocycles. The number of aromatic nitrogens is 6. The molecule has 0 aromatic carbocycles. The van der Waals surface area contributed by atoms with Crippen molar-refractivity contribution in [3.63, 3.8) is 0 Å². The van der Waals surface area contributed by atoms with Crippen LogP contribution in [0.15, 0.2) is 31.3 Å². The molecule has 18 heteroatoms. The van der Waals surface area contributed by atoms with E-state index < -0.39 is 42.6 Å². The predicted molar refractivity (Wildman–Crippen MR) is 207 cm³/mol. The van der Waals surface area contributed by atoms with Crippen LogP contribution in [0.5, 0.6) is 0 Å². The lowest BCUT2D eigenvalue weighted by atomic mass is 9.69. The SMILES string of the molecule is CC1(C)[C@@H]2CC[C@@]1(C)[C@@H](n1c(=O)n3n(c1=O)[C@H]1[C@@H](C=C3)N3CC[C@@H]1S3(=O)=O)C2.CC1(C)[C@@H]2CC[C@@]1(C)[C@@H](n1c(=O)n3n(c1=O)[C@H]1[C@H]4CCN([C@H]1C=C3)S4(=O)=O)C2. The van der Waals surface area contributed by atoms with Crippen molar-refractivity contribution < 1.29 is 16.8 Å². The van der Waals surface area contributed by atoms with E-state index in [4.69, 9.17) is 0 Å². The van der Waals surface area contributed by atoms with Crippen LogP contribution in [0.4, 0.5) is 0 Å². The fourth-order valence-electron chi connectivity index (χ4n) is 14.3. The molecule has 12 rings (SSSR count). The molecular weight excluding hydrogens is 761 g/mol. The van der Waals surface area contributed by atoms with Crippen molar-refractivity contribution in [1.82, 2.24) is 36.5 Å². The summed E-state index contributed by atoms with van der Waals surface area (Å²) in [5.41, 5.74) is -1.40. The highest BCUT2D eigenvalue weighted by atomic mass is 32.2. The summed E-state index contributed by atoms with van der Waals surface area (Å²) >= 11 is 0. The van der Waals surface area contributed by atoms with Gasteiger partial charge in [0, 0.05) is 37.6 Å². The van der Waals surface area contributed by atoms with E-state index in [1.54, 1.807) is 24.6 Å². The predicted octanol–water partition coefficient (Wildman–Crippen LogP) is 2.02.